The number of hydrogen-bond donors (Lipinski definition) is 2. The minimum atomic E-state index is -3.34. The first-order chi connectivity index (χ1) is 9.33. The Bertz CT molecular complexity index is 717. The summed E-state index contributed by atoms with van der Waals surface area (Å²) in [4.78, 5) is 0. The quantitative estimate of drug-likeness (QED) is 0.879. The zero-order chi connectivity index (χ0) is 14.8. The van der Waals surface area contributed by atoms with Gasteiger partial charge in [-0.2, -0.15) is 0 Å². The van der Waals surface area contributed by atoms with Crippen LogP contribution in [0.25, 0.3) is 0 Å². The molecule has 0 radical (unpaired) electrons. The highest BCUT2D eigenvalue weighted by atomic mass is 79.9. The van der Waals surface area contributed by atoms with E-state index in [1.165, 1.54) is 0 Å². The maximum absolute atomic E-state index is 11.0. The van der Waals surface area contributed by atoms with Gasteiger partial charge in [-0.05, 0) is 42.8 Å². The smallest absolute Gasteiger partial charge is 0.231 e. The van der Waals surface area contributed by atoms with Crippen LogP contribution in [-0.2, 0) is 10.0 Å². The van der Waals surface area contributed by atoms with Crippen molar-refractivity contribution in [2.45, 2.75) is 6.92 Å². The van der Waals surface area contributed by atoms with Crippen molar-refractivity contribution >= 4 is 43.3 Å². The van der Waals surface area contributed by atoms with Crippen LogP contribution >= 0.6 is 15.9 Å². The van der Waals surface area contributed by atoms with Crippen LogP contribution in [0.5, 0.6) is 0 Å². The van der Waals surface area contributed by atoms with Crippen LogP contribution in [0.15, 0.2) is 34.8 Å². The number of anilines is 3. The summed E-state index contributed by atoms with van der Waals surface area (Å²) < 4.78 is 25.4. The molecule has 0 aliphatic heterocycles. The lowest BCUT2D eigenvalue weighted by Gasteiger charge is -2.07. The minimum Gasteiger partial charge on any atom is -0.339 e. The highest BCUT2D eigenvalue weighted by Crippen LogP contribution is 2.22. The molecule has 1 aromatic heterocycles. The number of benzene rings is 1. The topological polar surface area (TPSA) is 84.0 Å². The molecule has 20 heavy (non-hydrogen) atoms. The Hall–Kier alpha value is -1.67. The van der Waals surface area contributed by atoms with E-state index >= 15 is 0 Å². The Kier molecular flexibility index (Phi) is 4.24. The van der Waals surface area contributed by atoms with Gasteiger partial charge in [0.2, 0.25) is 10.0 Å². The van der Waals surface area contributed by atoms with Gasteiger partial charge >= 0.3 is 0 Å². The van der Waals surface area contributed by atoms with Crippen molar-refractivity contribution < 1.29 is 8.42 Å². The highest BCUT2D eigenvalue weighted by molar-refractivity contribution is 9.10. The van der Waals surface area contributed by atoms with Crippen molar-refractivity contribution in [3.8, 4) is 0 Å². The van der Waals surface area contributed by atoms with Crippen molar-refractivity contribution in [3.05, 3.63) is 40.4 Å². The summed E-state index contributed by atoms with van der Waals surface area (Å²) in [5.41, 5.74) is 1.97. The molecule has 0 atom stereocenters. The fourth-order valence-corrected chi connectivity index (χ4v) is 2.25. The van der Waals surface area contributed by atoms with E-state index in [0.29, 0.717) is 5.82 Å². The standard InChI is InChI=1S/C12H13BrN4O2S/c1-8-7-9(3-4-10(8)13)14-11-5-6-12(16-15-11)17-20(2,18)19/h3-7H,1-2H3,(H,14,15)(H,16,17). The third-order valence-corrected chi connectivity index (χ3v) is 3.85. The summed E-state index contributed by atoms with van der Waals surface area (Å²) >= 11 is 3.43. The average molecular weight is 357 g/mol. The van der Waals surface area contributed by atoms with E-state index in [-0.39, 0.29) is 5.82 Å². The van der Waals surface area contributed by atoms with Crippen molar-refractivity contribution in [1.82, 2.24) is 10.2 Å². The number of hydrogen-bond acceptors (Lipinski definition) is 5. The van der Waals surface area contributed by atoms with Crippen LogP contribution in [0, 0.1) is 6.92 Å². The Morgan fingerprint density at radius 2 is 1.75 bits per heavy atom. The molecule has 0 amide bonds. The third-order valence-electron chi connectivity index (χ3n) is 2.38. The molecule has 0 aliphatic carbocycles. The van der Waals surface area contributed by atoms with Gasteiger partial charge in [0.05, 0.1) is 6.26 Å². The van der Waals surface area contributed by atoms with E-state index in [4.69, 9.17) is 0 Å². The fourth-order valence-electron chi connectivity index (χ4n) is 1.51. The predicted molar refractivity (Wildman–Crippen MR) is 82.7 cm³/mol. The summed E-state index contributed by atoms with van der Waals surface area (Å²) in [6, 6.07) is 9.00. The first-order valence-corrected chi connectivity index (χ1v) is 8.37. The zero-order valence-corrected chi connectivity index (χ0v) is 13.3. The Morgan fingerprint density at radius 3 is 2.30 bits per heavy atom. The molecule has 6 nitrogen and oxygen atoms in total. The predicted octanol–water partition coefficient (Wildman–Crippen LogP) is 2.66. The maximum atomic E-state index is 11.0. The summed E-state index contributed by atoms with van der Waals surface area (Å²) in [7, 11) is -3.34. The molecule has 2 aromatic rings. The third kappa shape index (κ3) is 4.17. The minimum absolute atomic E-state index is 0.185. The second-order valence-corrected chi connectivity index (χ2v) is 6.87. The van der Waals surface area contributed by atoms with Crippen LogP contribution in [0.1, 0.15) is 5.56 Å². The fraction of sp³-hybridized carbons (Fsp3) is 0.167. The molecule has 0 saturated heterocycles. The van der Waals surface area contributed by atoms with Crippen molar-refractivity contribution in [2.75, 3.05) is 16.3 Å². The number of aromatic nitrogens is 2. The molecule has 0 bridgehead atoms. The second-order valence-electron chi connectivity index (χ2n) is 4.27. The summed E-state index contributed by atoms with van der Waals surface area (Å²) in [6.45, 7) is 1.99. The normalized spacial score (nSPS) is 11.2. The molecule has 0 saturated carbocycles. The van der Waals surface area contributed by atoms with Crippen LogP contribution in [-0.4, -0.2) is 24.9 Å². The van der Waals surface area contributed by atoms with Gasteiger partial charge in [0, 0.05) is 10.2 Å². The molecule has 0 aliphatic rings. The van der Waals surface area contributed by atoms with Gasteiger partial charge in [0.25, 0.3) is 0 Å². The van der Waals surface area contributed by atoms with Crippen molar-refractivity contribution in [1.29, 1.82) is 0 Å². The Morgan fingerprint density at radius 1 is 1.10 bits per heavy atom. The van der Waals surface area contributed by atoms with Crippen LogP contribution in [0.4, 0.5) is 17.3 Å². The van der Waals surface area contributed by atoms with Gasteiger partial charge in [0.1, 0.15) is 0 Å². The lowest BCUT2D eigenvalue weighted by molar-refractivity contribution is 0.606. The van der Waals surface area contributed by atoms with E-state index < -0.39 is 10.0 Å². The molecule has 2 rings (SSSR count). The number of rotatable bonds is 4. The first-order valence-electron chi connectivity index (χ1n) is 5.68. The number of nitrogens with one attached hydrogen (secondary N) is 2. The molecule has 106 valence electrons. The van der Waals surface area contributed by atoms with Gasteiger partial charge in [-0.15, -0.1) is 10.2 Å². The number of nitrogens with zero attached hydrogens (tertiary/aromatic N) is 2. The van der Waals surface area contributed by atoms with Crippen LogP contribution < -0.4 is 10.0 Å². The lowest BCUT2D eigenvalue weighted by Crippen LogP contribution is -2.11. The second kappa shape index (κ2) is 5.76. The van der Waals surface area contributed by atoms with E-state index in [1.54, 1.807) is 12.1 Å². The number of sulfonamides is 1. The molecule has 1 aromatic carbocycles. The summed E-state index contributed by atoms with van der Waals surface area (Å²) in [5.74, 6) is 0.718. The molecule has 1 heterocycles. The molecule has 0 fully saturated rings. The van der Waals surface area contributed by atoms with Crippen LogP contribution in [0.3, 0.4) is 0 Å². The highest BCUT2D eigenvalue weighted by Gasteiger charge is 2.04. The molecule has 0 spiro atoms. The van der Waals surface area contributed by atoms with E-state index in [0.717, 1.165) is 22.0 Å². The number of halogens is 1. The van der Waals surface area contributed by atoms with Crippen molar-refractivity contribution in [2.24, 2.45) is 0 Å². The Balaban J connectivity index is 2.12. The zero-order valence-electron chi connectivity index (χ0n) is 10.9. The molecule has 0 unspecified atom stereocenters. The first kappa shape index (κ1) is 14.7. The van der Waals surface area contributed by atoms with Gasteiger partial charge in [-0.25, -0.2) is 8.42 Å². The SMILES string of the molecule is Cc1cc(Nc2ccc(NS(C)(=O)=O)nn2)ccc1Br. The van der Waals surface area contributed by atoms with Gasteiger partial charge < -0.3 is 5.32 Å². The van der Waals surface area contributed by atoms with E-state index in [1.807, 2.05) is 25.1 Å². The molecular weight excluding hydrogens is 344 g/mol. The van der Waals surface area contributed by atoms with E-state index in [9.17, 15) is 8.42 Å². The van der Waals surface area contributed by atoms with Gasteiger partial charge in [0.15, 0.2) is 11.6 Å². The average Bonchev–Trinajstić information content (AvgIpc) is 2.35. The monoisotopic (exact) mass is 356 g/mol. The molecule has 8 heteroatoms. The van der Waals surface area contributed by atoms with Crippen LogP contribution in [0.2, 0.25) is 0 Å². The number of aryl methyl sites for hydroxylation is 1. The largest absolute Gasteiger partial charge is 0.339 e. The Labute approximate surface area is 125 Å². The van der Waals surface area contributed by atoms with Gasteiger partial charge in [-0.3, -0.25) is 4.72 Å². The maximum Gasteiger partial charge on any atom is 0.231 e. The summed E-state index contributed by atoms with van der Waals surface area (Å²) in [6.07, 6.45) is 1.06. The van der Waals surface area contributed by atoms with Crippen molar-refractivity contribution in [3.63, 3.8) is 0 Å². The van der Waals surface area contributed by atoms with E-state index in [2.05, 4.69) is 36.2 Å². The molecule has 2 N–H and O–H groups in total. The summed E-state index contributed by atoms with van der Waals surface area (Å²) in [5, 5.41) is 10.8. The lowest BCUT2D eigenvalue weighted by atomic mass is 10.2. The van der Waals surface area contributed by atoms with Gasteiger partial charge in [-0.1, -0.05) is 15.9 Å². The molecular formula is C12H13BrN4O2S.